The predicted octanol–water partition coefficient (Wildman–Crippen LogP) is 4.49. The summed E-state index contributed by atoms with van der Waals surface area (Å²) in [5.74, 6) is -1.29. The minimum absolute atomic E-state index is 0.0995. The zero-order valence-corrected chi connectivity index (χ0v) is 15.9. The molecule has 0 saturated heterocycles. The minimum Gasteiger partial charge on any atom is -0.478 e. The molecule has 4 nitrogen and oxygen atoms in total. The van der Waals surface area contributed by atoms with Gasteiger partial charge in [0.25, 0.3) is 0 Å². The van der Waals surface area contributed by atoms with Gasteiger partial charge in [-0.05, 0) is 41.7 Å². The van der Waals surface area contributed by atoms with E-state index in [0.29, 0.717) is 5.56 Å². The molecule has 0 spiro atoms. The number of carbonyl (C=O) groups is 1. The second-order valence-electron chi connectivity index (χ2n) is 6.19. The number of hydrogen-bond donors (Lipinski definition) is 1. The highest BCUT2D eigenvalue weighted by atomic mass is 32.2. The van der Waals surface area contributed by atoms with Crippen LogP contribution in [0.25, 0.3) is 4.91 Å². The van der Waals surface area contributed by atoms with Gasteiger partial charge in [-0.1, -0.05) is 63.1 Å². The smallest absolute Gasteiger partial charge is 0.329 e. The summed E-state index contributed by atoms with van der Waals surface area (Å²) in [6.07, 6.45) is 4.49. The Bertz CT molecular complexity index is 877. The molecule has 0 fully saturated rings. The first-order chi connectivity index (χ1) is 12.4. The normalized spacial score (nSPS) is 12.2. The SMILES string of the molecule is CCCc1ccc(/C(=C\C(=O)O)S(=O)(=O)c2ccc(CCC)cc2)cc1. The van der Waals surface area contributed by atoms with Crippen molar-refractivity contribution in [1.82, 2.24) is 0 Å². The third kappa shape index (κ3) is 4.82. The maximum Gasteiger partial charge on any atom is 0.329 e. The molecule has 2 aromatic rings. The van der Waals surface area contributed by atoms with Crippen LogP contribution in [0.2, 0.25) is 0 Å². The Kier molecular flexibility index (Phi) is 6.75. The molecule has 0 heterocycles. The number of aryl methyl sites for hydroxylation is 2. The van der Waals surface area contributed by atoms with Crippen LogP contribution >= 0.6 is 0 Å². The monoisotopic (exact) mass is 372 g/mol. The molecule has 0 aliphatic rings. The summed E-state index contributed by atoms with van der Waals surface area (Å²) < 4.78 is 26.0. The van der Waals surface area contributed by atoms with Crippen molar-refractivity contribution < 1.29 is 18.3 Å². The van der Waals surface area contributed by atoms with Crippen LogP contribution in [0.15, 0.2) is 59.5 Å². The lowest BCUT2D eigenvalue weighted by Gasteiger charge is -2.11. The molecule has 26 heavy (non-hydrogen) atoms. The Labute approximate surface area is 155 Å². The highest BCUT2D eigenvalue weighted by Gasteiger charge is 2.23. The van der Waals surface area contributed by atoms with Crippen molar-refractivity contribution in [3.8, 4) is 0 Å². The van der Waals surface area contributed by atoms with Crippen molar-refractivity contribution in [2.45, 2.75) is 44.4 Å². The summed E-state index contributed by atoms with van der Waals surface area (Å²) in [7, 11) is -3.93. The van der Waals surface area contributed by atoms with Crippen LogP contribution in [0.5, 0.6) is 0 Å². The molecule has 5 heteroatoms. The number of hydrogen-bond acceptors (Lipinski definition) is 3. The topological polar surface area (TPSA) is 71.4 Å². The second kappa shape index (κ2) is 8.81. The molecule has 0 saturated carbocycles. The Morgan fingerprint density at radius 3 is 1.77 bits per heavy atom. The number of benzene rings is 2. The van der Waals surface area contributed by atoms with Crippen LogP contribution < -0.4 is 0 Å². The van der Waals surface area contributed by atoms with Gasteiger partial charge in [0.1, 0.15) is 0 Å². The van der Waals surface area contributed by atoms with Crippen molar-refractivity contribution in [2.75, 3.05) is 0 Å². The van der Waals surface area contributed by atoms with Crippen LogP contribution in [-0.4, -0.2) is 19.5 Å². The van der Waals surface area contributed by atoms with E-state index in [2.05, 4.69) is 13.8 Å². The molecule has 0 aliphatic heterocycles. The highest BCUT2D eigenvalue weighted by molar-refractivity contribution is 8.00. The lowest BCUT2D eigenvalue weighted by atomic mass is 10.1. The van der Waals surface area contributed by atoms with Crippen LogP contribution in [0.1, 0.15) is 43.4 Å². The van der Waals surface area contributed by atoms with Gasteiger partial charge in [0.15, 0.2) is 0 Å². The van der Waals surface area contributed by atoms with Crippen molar-refractivity contribution in [3.05, 3.63) is 71.3 Å². The summed E-state index contributed by atoms with van der Waals surface area (Å²) >= 11 is 0. The maximum atomic E-state index is 13.0. The molecule has 2 aromatic carbocycles. The van der Waals surface area contributed by atoms with Crippen LogP contribution in [0.4, 0.5) is 0 Å². The van der Waals surface area contributed by atoms with E-state index in [1.807, 2.05) is 12.1 Å². The number of carboxylic acid groups (broad SMARTS) is 1. The van der Waals surface area contributed by atoms with Gasteiger partial charge in [-0.3, -0.25) is 0 Å². The fourth-order valence-corrected chi connectivity index (χ4v) is 4.25. The molecule has 0 bridgehead atoms. The van der Waals surface area contributed by atoms with Crippen LogP contribution in [0, 0.1) is 0 Å². The molecule has 0 atom stereocenters. The van der Waals surface area contributed by atoms with Crippen molar-refractivity contribution >= 4 is 20.7 Å². The number of aliphatic carboxylic acids is 1. The molecule has 0 aromatic heterocycles. The van der Waals surface area contributed by atoms with Crippen molar-refractivity contribution in [3.63, 3.8) is 0 Å². The quantitative estimate of drug-likeness (QED) is 0.693. The summed E-state index contributed by atoms with van der Waals surface area (Å²) in [4.78, 5) is 11.1. The Hall–Kier alpha value is -2.40. The summed E-state index contributed by atoms with van der Waals surface area (Å²) in [6, 6.07) is 13.7. The predicted molar refractivity (Wildman–Crippen MR) is 104 cm³/mol. The summed E-state index contributed by atoms with van der Waals surface area (Å²) in [6.45, 7) is 4.12. The van der Waals surface area contributed by atoms with E-state index in [0.717, 1.165) is 42.9 Å². The second-order valence-corrected chi connectivity index (χ2v) is 8.11. The van der Waals surface area contributed by atoms with E-state index >= 15 is 0 Å². The first kappa shape index (κ1) is 19.9. The van der Waals surface area contributed by atoms with E-state index in [-0.39, 0.29) is 9.80 Å². The Morgan fingerprint density at radius 1 is 0.885 bits per heavy atom. The highest BCUT2D eigenvalue weighted by Crippen LogP contribution is 2.28. The number of carboxylic acids is 1. The lowest BCUT2D eigenvalue weighted by molar-refractivity contribution is -0.131. The molecule has 2 rings (SSSR count). The third-order valence-corrected chi connectivity index (χ3v) is 5.92. The lowest BCUT2D eigenvalue weighted by Crippen LogP contribution is -2.07. The molecule has 0 aliphatic carbocycles. The summed E-state index contributed by atoms with van der Waals surface area (Å²) in [5, 5.41) is 9.17. The van der Waals surface area contributed by atoms with Crippen molar-refractivity contribution in [2.24, 2.45) is 0 Å². The van der Waals surface area contributed by atoms with Gasteiger partial charge in [-0.15, -0.1) is 0 Å². The molecule has 0 unspecified atom stereocenters. The van der Waals surface area contributed by atoms with Gasteiger partial charge < -0.3 is 5.11 Å². The van der Waals surface area contributed by atoms with Gasteiger partial charge in [0.2, 0.25) is 9.84 Å². The standard InChI is InChI=1S/C21H24O4S/c1-3-5-16-7-11-18(12-8-16)20(15-21(22)23)26(24,25)19-13-9-17(6-4-2)10-14-19/h7-15H,3-6H2,1-2H3,(H,22,23)/b20-15+. The minimum atomic E-state index is -3.93. The van der Waals surface area contributed by atoms with Crippen molar-refractivity contribution in [1.29, 1.82) is 0 Å². The third-order valence-electron chi connectivity index (χ3n) is 4.09. The van der Waals surface area contributed by atoms with E-state index in [1.54, 1.807) is 36.4 Å². The van der Waals surface area contributed by atoms with Gasteiger partial charge in [-0.25, -0.2) is 13.2 Å². The number of sulfone groups is 1. The summed E-state index contributed by atoms with van der Waals surface area (Å²) in [5.41, 5.74) is 2.52. The molecular formula is C21H24O4S. The molecule has 1 N–H and O–H groups in total. The largest absolute Gasteiger partial charge is 0.478 e. The zero-order valence-electron chi connectivity index (χ0n) is 15.1. The van der Waals surface area contributed by atoms with E-state index < -0.39 is 15.8 Å². The molecular weight excluding hydrogens is 348 g/mol. The van der Waals surface area contributed by atoms with E-state index in [4.69, 9.17) is 5.11 Å². The average Bonchev–Trinajstić information content (AvgIpc) is 2.61. The fourth-order valence-electron chi connectivity index (χ4n) is 2.80. The Balaban J connectivity index is 2.46. The molecule has 0 radical (unpaired) electrons. The van der Waals surface area contributed by atoms with Gasteiger partial charge in [-0.2, -0.15) is 0 Å². The van der Waals surface area contributed by atoms with E-state index in [9.17, 15) is 13.2 Å². The van der Waals surface area contributed by atoms with Gasteiger partial charge in [0, 0.05) is 6.08 Å². The average molecular weight is 372 g/mol. The van der Waals surface area contributed by atoms with Gasteiger partial charge in [0.05, 0.1) is 9.80 Å². The first-order valence-corrected chi connectivity index (χ1v) is 10.2. The van der Waals surface area contributed by atoms with Crippen LogP contribution in [-0.2, 0) is 27.5 Å². The fraction of sp³-hybridized carbons (Fsp3) is 0.286. The number of rotatable bonds is 8. The maximum absolute atomic E-state index is 13.0. The first-order valence-electron chi connectivity index (χ1n) is 8.76. The molecule has 138 valence electrons. The van der Waals surface area contributed by atoms with E-state index in [1.165, 1.54) is 0 Å². The van der Waals surface area contributed by atoms with Gasteiger partial charge >= 0.3 is 5.97 Å². The van der Waals surface area contributed by atoms with Crippen LogP contribution in [0.3, 0.4) is 0 Å². The zero-order chi connectivity index (χ0) is 19.2. The molecule has 0 amide bonds. The Morgan fingerprint density at radius 2 is 1.35 bits per heavy atom.